The third-order valence-electron chi connectivity index (χ3n) is 3.77. The third-order valence-corrected chi connectivity index (χ3v) is 3.77. The Morgan fingerprint density at radius 1 is 1.53 bits per heavy atom. The van der Waals surface area contributed by atoms with Gasteiger partial charge in [-0.3, -0.25) is 4.90 Å². The second-order valence-electron chi connectivity index (χ2n) is 4.96. The normalized spacial score (nSPS) is 34.0. The van der Waals surface area contributed by atoms with Crippen LogP contribution in [0.4, 0.5) is 0 Å². The van der Waals surface area contributed by atoms with E-state index in [9.17, 15) is 0 Å². The fraction of sp³-hybridized carbons (Fsp3) is 1.00. The molecule has 0 aromatic heterocycles. The number of fused-ring (bicyclic) bond motifs is 1. The van der Waals surface area contributed by atoms with Gasteiger partial charge in [0.05, 0.1) is 12.7 Å². The van der Waals surface area contributed by atoms with Crippen LogP contribution in [0.25, 0.3) is 0 Å². The molecule has 2 aliphatic rings. The monoisotopic (exact) mass is 212 g/mol. The Bertz CT molecular complexity index is 198. The van der Waals surface area contributed by atoms with Crippen molar-refractivity contribution in [2.45, 2.75) is 51.3 Å². The van der Waals surface area contributed by atoms with E-state index in [1.807, 2.05) is 0 Å². The van der Waals surface area contributed by atoms with Gasteiger partial charge in [0, 0.05) is 25.2 Å². The molecule has 0 aliphatic carbocycles. The highest BCUT2D eigenvalue weighted by atomic mass is 16.5. The molecule has 0 radical (unpaired) electrons. The van der Waals surface area contributed by atoms with Crippen LogP contribution in [0, 0.1) is 0 Å². The topological polar surface area (TPSA) is 24.5 Å². The van der Waals surface area contributed by atoms with Crippen molar-refractivity contribution < 1.29 is 4.74 Å². The molecule has 0 saturated carbocycles. The van der Waals surface area contributed by atoms with Gasteiger partial charge in [-0.15, -0.1) is 0 Å². The number of rotatable bonds is 4. The minimum absolute atomic E-state index is 0.411. The van der Waals surface area contributed by atoms with E-state index in [4.69, 9.17) is 4.74 Å². The maximum atomic E-state index is 5.88. The molecule has 0 bridgehead atoms. The largest absolute Gasteiger partial charge is 0.374 e. The molecule has 0 aromatic rings. The molecule has 3 atom stereocenters. The van der Waals surface area contributed by atoms with Crippen molar-refractivity contribution in [3.05, 3.63) is 0 Å². The minimum atomic E-state index is 0.411. The van der Waals surface area contributed by atoms with Gasteiger partial charge in [-0.2, -0.15) is 0 Å². The summed E-state index contributed by atoms with van der Waals surface area (Å²) in [5, 5.41) is 3.53. The molecule has 2 rings (SSSR count). The number of morpholine rings is 1. The highest BCUT2D eigenvalue weighted by Gasteiger charge is 2.31. The van der Waals surface area contributed by atoms with Gasteiger partial charge in [-0.1, -0.05) is 6.92 Å². The molecule has 0 amide bonds. The van der Waals surface area contributed by atoms with Gasteiger partial charge in [0.2, 0.25) is 0 Å². The Morgan fingerprint density at radius 2 is 2.40 bits per heavy atom. The summed E-state index contributed by atoms with van der Waals surface area (Å²) < 4.78 is 5.88. The zero-order chi connectivity index (χ0) is 10.7. The van der Waals surface area contributed by atoms with Crippen LogP contribution in [0.5, 0.6) is 0 Å². The lowest BCUT2D eigenvalue weighted by Crippen LogP contribution is -2.50. The fourth-order valence-corrected chi connectivity index (χ4v) is 2.49. The van der Waals surface area contributed by atoms with E-state index >= 15 is 0 Å². The molecular formula is C12H24N2O. The van der Waals surface area contributed by atoms with Gasteiger partial charge < -0.3 is 10.1 Å². The van der Waals surface area contributed by atoms with Crippen molar-refractivity contribution in [2.24, 2.45) is 0 Å². The summed E-state index contributed by atoms with van der Waals surface area (Å²) in [6.07, 6.45) is 4.30. The van der Waals surface area contributed by atoms with Gasteiger partial charge >= 0.3 is 0 Å². The number of nitrogens with one attached hydrogen (secondary N) is 1. The molecule has 2 heterocycles. The zero-order valence-electron chi connectivity index (χ0n) is 10.0. The SMILES string of the molecule is CCC(C)NCC1CN2CCCC2CO1. The van der Waals surface area contributed by atoms with Crippen molar-refractivity contribution in [1.82, 2.24) is 10.2 Å². The van der Waals surface area contributed by atoms with E-state index in [1.165, 1.54) is 25.8 Å². The average Bonchev–Trinajstić information content (AvgIpc) is 2.72. The van der Waals surface area contributed by atoms with Crippen LogP contribution in [-0.4, -0.2) is 49.3 Å². The zero-order valence-corrected chi connectivity index (χ0v) is 10.0. The molecule has 2 saturated heterocycles. The molecule has 0 spiro atoms. The first kappa shape index (κ1) is 11.4. The van der Waals surface area contributed by atoms with Crippen molar-refractivity contribution in [3.63, 3.8) is 0 Å². The van der Waals surface area contributed by atoms with Crippen molar-refractivity contribution in [2.75, 3.05) is 26.2 Å². The van der Waals surface area contributed by atoms with Gasteiger partial charge in [0.1, 0.15) is 0 Å². The lowest BCUT2D eigenvalue weighted by Gasteiger charge is -2.35. The average molecular weight is 212 g/mol. The van der Waals surface area contributed by atoms with Crippen LogP contribution in [0.3, 0.4) is 0 Å². The quantitative estimate of drug-likeness (QED) is 0.759. The summed E-state index contributed by atoms with van der Waals surface area (Å²) in [4.78, 5) is 2.60. The molecule has 3 heteroatoms. The van der Waals surface area contributed by atoms with Gasteiger partial charge in [0.25, 0.3) is 0 Å². The summed E-state index contributed by atoms with van der Waals surface area (Å²) in [6, 6.07) is 1.34. The van der Waals surface area contributed by atoms with Gasteiger partial charge in [0.15, 0.2) is 0 Å². The van der Waals surface area contributed by atoms with E-state index < -0.39 is 0 Å². The Morgan fingerprint density at radius 3 is 3.20 bits per heavy atom. The molecular weight excluding hydrogens is 188 g/mol. The van der Waals surface area contributed by atoms with Crippen LogP contribution in [0.2, 0.25) is 0 Å². The first-order chi connectivity index (χ1) is 7.29. The standard InChI is InChI=1S/C12H24N2O/c1-3-10(2)13-7-12-8-14-6-4-5-11(14)9-15-12/h10-13H,3-9H2,1-2H3. The van der Waals surface area contributed by atoms with Crippen molar-refractivity contribution >= 4 is 0 Å². The molecule has 15 heavy (non-hydrogen) atoms. The van der Waals surface area contributed by atoms with Crippen LogP contribution in [0.1, 0.15) is 33.1 Å². The molecule has 0 aromatic carbocycles. The predicted molar refractivity (Wildman–Crippen MR) is 62.1 cm³/mol. The molecule has 2 fully saturated rings. The van der Waals surface area contributed by atoms with E-state index in [0.29, 0.717) is 12.1 Å². The summed E-state index contributed by atoms with van der Waals surface area (Å²) in [5.41, 5.74) is 0. The first-order valence-corrected chi connectivity index (χ1v) is 6.38. The highest BCUT2D eigenvalue weighted by Crippen LogP contribution is 2.22. The van der Waals surface area contributed by atoms with E-state index in [0.717, 1.165) is 25.7 Å². The third kappa shape index (κ3) is 2.92. The molecule has 88 valence electrons. The molecule has 1 N–H and O–H groups in total. The van der Waals surface area contributed by atoms with Crippen molar-refractivity contribution in [1.29, 1.82) is 0 Å². The maximum Gasteiger partial charge on any atom is 0.0827 e. The Kier molecular flexibility index (Phi) is 4.00. The number of ether oxygens (including phenoxy) is 1. The van der Waals surface area contributed by atoms with Crippen LogP contribution < -0.4 is 5.32 Å². The number of hydrogen-bond donors (Lipinski definition) is 1. The molecule has 3 nitrogen and oxygen atoms in total. The van der Waals surface area contributed by atoms with Crippen LogP contribution in [-0.2, 0) is 4.74 Å². The predicted octanol–water partition coefficient (Wildman–Crippen LogP) is 1.24. The second-order valence-corrected chi connectivity index (χ2v) is 4.96. The van der Waals surface area contributed by atoms with Crippen molar-refractivity contribution in [3.8, 4) is 0 Å². The first-order valence-electron chi connectivity index (χ1n) is 6.38. The van der Waals surface area contributed by atoms with E-state index in [-0.39, 0.29) is 0 Å². The molecule has 2 aliphatic heterocycles. The Labute approximate surface area is 93.2 Å². The van der Waals surface area contributed by atoms with E-state index in [1.54, 1.807) is 0 Å². The van der Waals surface area contributed by atoms with Gasteiger partial charge in [-0.05, 0) is 32.7 Å². The summed E-state index contributed by atoms with van der Waals surface area (Å²) >= 11 is 0. The van der Waals surface area contributed by atoms with Gasteiger partial charge in [-0.25, -0.2) is 0 Å². The second kappa shape index (κ2) is 5.28. The lowest BCUT2D eigenvalue weighted by atomic mass is 10.2. The van der Waals surface area contributed by atoms with Crippen LogP contribution in [0.15, 0.2) is 0 Å². The minimum Gasteiger partial charge on any atom is -0.374 e. The summed E-state index contributed by atoms with van der Waals surface area (Å²) in [7, 11) is 0. The summed E-state index contributed by atoms with van der Waals surface area (Å²) in [5.74, 6) is 0. The highest BCUT2D eigenvalue weighted by molar-refractivity contribution is 4.86. The number of hydrogen-bond acceptors (Lipinski definition) is 3. The van der Waals surface area contributed by atoms with Crippen LogP contribution >= 0.6 is 0 Å². The fourth-order valence-electron chi connectivity index (χ4n) is 2.49. The Hall–Kier alpha value is -0.120. The Balaban J connectivity index is 1.71. The lowest BCUT2D eigenvalue weighted by molar-refractivity contribution is -0.0477. The number of nitrogens with zero attached hydrogens (tertiary/aromatic N) is 1. The smallest absolute Gasteiger partial charge is 0.0827 e. The van der Waals surface area contributed by atoms with E-state index in [2.05, 4.69) is 24.1 Å². The maximum absolute atomic E-state index is 5.88. The molecule has 3 unspecified atom stereocenters. The summed E-state index contributed by atoms with van der Waals surface area (Å²) in [6.45, 7) is 8.84.